The molecule has 1 fully saturated rings. The van der Waals surface area contributed by atoms with Crippen molar-refractivity contribution in [1.29, 1.82) is 0 Å². The summed E-state index contributed by atoms with van der Waals surface area (Å²) in [6, 6.07) is 16.8. The summed E-state index contributed by atoms with van der Waals surface area (Å²) in [6.07, 6.45) is 4.38. The standard InChI is InChI=1S/C21H23NO2/c1-20(2)18-6-4-5-7-19(18)22-14-15-24-21(20,22)13-12-16-8-10-17(23-3)11-9-16/h4-13H,14-15H2,1-3H3. The Morgan fingerprint density at radius 1 is 1.08 bits per heavy atom. The fourth-order valence-electron chi connectivity index (χ4n) is 4.05. The zero-order valence-corrected chi connectivity index (χ0v) is 14.5. The van der Waals surface area contributed by atoms with Gasteiger partial charge in [-0.1, -0.05) is 50.3 Å². The van der Waals surface area contributed by atoms with Gasteiger partial charge in [-0.25, -0.2) is 0 Å². The van der Waals surface area contributed by atoms with E-state index < -0.39 is 5.72 Å². The Labute approximate surface area is 143 Å². The molecule has 2 aromatic carbocycles. The molecule has 1 atom stereocenters. The molecule has 1 saturated heterocycles. The SMILES string of the molecule is COc1ccc(C=CC23OCCN2c2ccccc2C3(C)C)cc1. The van der Waals surface area contributed by atoms with E-state index in [-0.39, 0.29) is 5.41 Å². The van der Waals surface area contributed by atoms with Crippen LogP contribution >= 0.6 is 0 Å². The second-order valence-electron chi connectivity index (χ2n) is 6.95. The first-order valence-electron chi connectivity index (χ1n) is 8.43. The number of anilines is 1. The second kappa shape index (κ2) is 5.38. The number of hydrogen-bond donors (Lipinski definition) is 0. The molecule has 24 heavy (non-hydrogen) atoms. The summed E-state index contributed by atoms with van der Waals surface area (Å²) in [5, 5.41) is 0. The highest BCUT2D eigenvalue weighted by molar-refractivity contribution is 5.69. The maximum absolute atomic E-state index is 6.34. The summed E-state index contributed by atoms with van der Waals surface area (Å²) >= 11 is 0. The van der Waals surface area contributed by atoms with Crippen LogP contribution in [0.4, 0.5) is 5.69 Å². The molecule has 4 rings (SSSR count). The summed E-state index contributed by atoms with van der Waals surface area (Å²) in [5.41, 5.74) is 3.26. The predicted molar refractivity (Wildman–Crippen MR) is 97.5 cm³/mol. The summed E-state index contributed by atoms with van der Waals surface area (Å²) < 4.78 is 11.6. The van der Waals surface area contributed by atoms with Crippen LogP contribution in [0.1, 0.15) is 25.0 Å². The van der Waals surface area contributed by atoms with Crippen LogP contribution in [0, 0.1) is 0 Å². The van der Waals surface area contributed by atoms with Crippen molar-refractivity contribution in [3.63, 3.8) is 0 Å². The van der Waals surface area contributed by atoms with Crippen LogP contribution in [0.3, 0.4) is 0 Å². The molecule has 0 aliphatic carbocycles. The summed E-state index contributed by atoms with van der Waals surface area (Å²) in [5.74, 6) is 0.873. The summed E-state index contributed by atoms with van der Waals surface area (Å²) in [7, 11) is 1.69. The lowest BCUT2D eigenvalue weighted by molar-refractivity contribution is 0.000337. The fraction of sp³-hybridized carbons (Fsp3) is 0.333. The van der Waals surface area contributed by atoms with E-state index in [1.165, 1.54) is 11.3 Å². The van der Waals surface area contributed by atoms with E-state index in [4.69, 9.17) is 9.47 Å². The van der Waals surface area contributed by atoms with Crippen LogP contribution in [-0.4, -0.2) is 26.0 Å². The molecule has 0 spiro atoms. The lowest BCUT2D eigenvalue weighted by Crippen LogP contribution is -2.51. The zero-order valence-electron chi connectivity index (χ0n) is 14.5. The van der Waals surface area contributed by atoms with Crippen molar-refractivity contribution in [3.05, 3.63) is 65.7 Å². The minimum Gasteiger partial charge on any atom is -0.497 e. The number of rotatable bonds is 3. The van der Waals surface area contributed by atoms with Crippen LogP contribution < -0.4 is 9.64 Å². The predicted octanol–water partition coefficient (Wildman–Crippen LogP) is 4.23. The van der Waals surface area contributed by atoms with Gasteiger partial charge in [-0.3, -0.25) is 0 Å². The smallest absolute Gasteiger partial charge is 0.170 e. The number of methoxy groups -OCH3 is 1. The van der Waals surface area contributed by atoms with Gasteiger partial charge >= 0.3 is 0 Å². The van der Waals surface area contributed by atoms with Gasteiger partial charge in [0.1, 0.15) is 5.75 Å². The Morgan fingerprint density at radius 3 is 2.58 bits per heavy atom. The molecular formula is C21H23NO2. The molecule has 0 saturated carbocycles. The van der Waals surface area contributed by atoms with Gasteiger partial charge in [0.15, 0.2) is 5.72 Å². The molecule has 1 unspecified atom stereocenters. The van der Waals surface area contributed by atoms with Gasteiger partial charge in [0, 0.05) is 17.6 Å². The molecule has 2 aliphatic rings. The van der Waals surface area contributed by atoms with Gasteiger partial charge in [-0.05, 0) is 35.4 Å². The number of fused-ring (bicyclic) bond motifs is 3. The van der Waals surface area contributed by atoms with E-state index >= 15 is 0 Å². The third-order valence-corrected chi connectivity index (χ3v) is 5.42. The maximum Gasteiger partial charge on any atom is 0.170 e. The first-order chi connectivity index (χ1) is 11.6. The van der Waals surface area contributed by atoms with E-state index in [0.29, 0.717) is 0 Å². The number of para-hydroxylation sites is 1. The van der Waals surface area contributed by atoms with Crippen LogP contribution in [0.5, 0.6) is 5.75 Å². The highest BCUT2D eigenvalue weighted by atomic mass is 16.5. The maximum atomic E-state index is 6.34. The van der Waals surface area contributed by atoms with Gasteiger partial charge in [-0.15, -0.1) is 0 Å². The van der Waals surface area contributed by atoms with Crippen LogP contribution in [0.2, 0.25) is 0 Å². The first-order valence-corrected chi connectivity index (χ1v) is 8.43. The summed E-state index contributed by atoms with van der Waals surface area (Å²) in [4.78, 5) is 2.41. The Hall–Kier alpha value is -2.26. The third kappa shape index (κ3) is 2.01. The van der Waals surface area contributed by atoms with Crippen molar-refractivity contribution in [3.8, 4) is 5.75 Å². The van der Waals surface area contributed by atoms with E-state index in [2.05, 4.69) is 67.3 Å². The molecule has 0 aromatic heterocycles. The molecule has 0 N–H and O–H groups in total. The molecule has 3 nitrogen and oxygen atoms in total. The molecule has 2 aliphatic heterocycles. The third-order valence-electron chi connectivity index (χ3n) is 5.42. The highest BCUT2D eigenvalue weighted by Gasteiger charge is 2.58. The lowest BCUT2D eigenvalue weighted by atomic mass is 9.77. The molecular weight excluding hydrogens is 298 g/mol. The monoisotopic (exact) mass is 321 g/mol. The molecule has 0 amide bonds. The van der Waals surface area contributed by atoms with Crippen LogP contribution in [0.15, 0.2) is 54.6 Å². The average Bonchev–Trinajstić information content (AvgIpc) is 3.12. The molecule has 2 aromatic rings. The normalized spacial score (nSPS) is 24.2. The van der Waals surface area contributed by atoms with Crippen molar-refractivity contribution in [2.75, 3.05) is 25.2 Å². The van der Waals surface area contributed by atoms with E-state index in [9.17, 15) is 0 Å². The number of hydrogen-bond acceptors (Lipinski definition) is 3. The van der Waals surface area contributed by atoms with Crippen LogP contribution in [-0.2, 0) is 10.2 Å². The van der Waals surface area contributed by atoms with Gasteiger partial charge < -0.3 is 14.4 Å². The Morgan fingerprint density at radius 2 is 1.83 bits per heavy atom. The van der Waals surface area contributed by atoms with Gasteiger partial charge in [-0.2, -0.15) is 0 Å². The van der Waals surface area contributed by atoms with Crippen molar-refractivity contribution >= 4 is 11.8 Å². The number of nitrogens with zero attached hydrogens (tertiary/aromatic N) is 1. The lowest BCUT2D eigenvalue weighted by Gasteiger charge is -2.39. The first kappa shape index (κ1) is 15.3. The van der Waals surface area contributed by atoms with Crippen molar-refractivity contribution in [2.45, 2.75) is 25.0 Å². The largest absolute Gasteiger partial charge is 0.497 e. The molecule has 0 bridgehead atoms. The van der Waals surface area contributed by atoms with E-state index in [1.54, 1.807) is 7.11 Å². The molecule has 2 heterocycles. The van der Waals surface area contributed by atoms with Gasteiger partial charge in [0.05, 0.1) is 13.7 Å². The van der Waals surface area contributed by atoms with E-state index in [1.807, 2.05) is 12.1 Å². The quantitative estimate of drug-likeness (QED) is 0.844. The molecule has 0 radical (unpaired) electrons. The Balaban J connectivity index is 1.74. The zero-order chi connectivity index (χ0) is 16.8. The van der Waals surface area contributed by atoms with E-state index in [0.717, 1.165) is 24.5 Å². The van der Waals surface area contributed by atoms with Crippen molar-refractivity contribution in [2.24, 2.45) is 0 Å². The summed E-state index contributed by atoms with van der Waals surface area (Å²) in [6.45, 7) is 6.23. The minimum absolute atomic E-state index is 0.108. The second-order valence-corrected chi connectivity index (χ2v) is 6.95. The topological polar surface area (TPSA) is 21.7 Å². The van der Waals surface area contributed by atoms with Crippen molar-refractivity contribution < 1.29 is 9.47 Å². The van der Waals surface area contributed by atoms with Crippen LogP contribution in [0.25, 0.3) is 6.08 Å². The van der Waals surface area contributed by atoms with Gasteiger partial charge in [0.2, 0.25) is 0 Å². The van der Waals surface area contributed by atoms with Gasteiger partial charge in [0.25, 0.3) is 0 Å². The Bertz CT molecular complexity index is 779. The number of ether oxygens (including phenoxy) is 2. The minimum atomic E-state index is -0.420. The van der Waals surface area contributed by atoms with Crippen molar-refractivity contribution in [1.82, 2.24) is 0 Å². The fourth-order valence-corrected chi connectivity index (χ4v) is 4.05. The highest BCUT2D eigenvalue weighted by Crippen LogP contribution is 2.54. The number of benzene rings is 2. The molecule has 3 heteroatoms. The Kier molecular flexibility index (Phi) is 3.43. The molecule has 124 valence electrons. The average molecular weight is 321 g/mol.